The van der Waals surface area contributed by atoms with Crippen LogP contribution in [0, 0.1) is 11.8 Å². The first kappa shape index (κ1) is 19.5. The van der Waals surface area contributed by atoms with E-state index in [0.29, 0.717) is 22.5 Å². The second-order valence-corrected chi connectivity index (χ2v) is 8.24. The van der Waals surface area contributed by atoms with Gasteiger partial charge in [0.05, 0.1) is 12.2 Å². The van der Waals surface area contributed by atoms with Gasteiger partial charge in [0, 0.05) is 30.6 Å². The lowest BCUT2D eigenvalue weighted by Gasteiger charge is -2.34. The number of benzene rings is 1. The molecule has 2 amide bonds. The Kier molecular flexibility index (Phi) is 6.58. The predicted octanol–water partition coefficient (Wildman–Crippen LogP) is 2.99. The molecule has 7 heteroatoms. The number of rotatable bonds is 6. The van der Waals surface area contributed by atoms with E-state index < -0.39 is 0 Å². The van der Waals surface area contributed by atoms with Crippen molar-refractivity contribution >= 4 is 28.3 Å². The van der Waals surface area contributed by atoms with Crippen LogP contribution in [0.4, 0.5) is 5.13 Å². The molecule has 0 spiro atoms. The summed E-state index contributed by atoms with van der Waals surface area (Å²) in [5.41, 5.74) is 1.51. The normalized spacial score (nSPS) is 20.2. The summed E-state index contributed by atoms with van der Waals surface area (Å²) in [5, 5.41) is 7.94. The largest absolute Gasteiger partial charge is 0.343 e. The van der Waals surface area contributed by atoms with Crippen LogP contribution in [-0.2, 0) is 11.3 Å². The molecule has 1 aromatic carbocycles. The van der Waals surface area contributed by atoms with Gasteiger partial charge in [-0.15, -0.1) is 11.3 Å². The lowest BCUT2D eigenvalue weighted by Crippen LogP contribution is -2.38. The molecule has 1 aliphatic heterocycles. The minimum atomic E-state index is -0.277. The van der Waals surface area contributed by atoms with E-state index in [9.17, 15) is 9.59 Å². The minimum absolute atomic E-state index is 0.0796. The molecule has 2 N–H and O–H groups in total. The Morgan fingerprint density at radius 1 is 1.19 bits per heavy atom. The molecule has 1 aliphatic rings. The fraction of sp³-hybridized carbons (Fsp3) is 0.450. The second-order valence-electron chi connectivity index (χ2n) is 7.38. The molecule has 27 heavy (non-hydrogen) atoms. The molecule has 0 aliphatic carbocycles. The Hall–Kier alpha value is -2.25. The Labute approximate surface area is 164 Å². The zero-order chi connectivity index (χ0) is 19.2. The number of nitrogens with zero attached hydrogens (tertiary/aromatic N) is 2. The summed E-state index contributed by atoms with van der Waals surface area (Å²) < 4.78 is 0. The quantitative estimate of drug-likeness (QED) is 0.800. The zero-order valence-electron chi connectivity index (χ0n) is 15.8. The summed E-state index contributed by atoms with van der Waals surface area (Å²) in [7, 11) is 0. The standard InChI is InChI=1S/C20H26N4O2S/c1-14-8-15(2)11-24(10-14)12-17-13-27-20(22-17)23-18(25)9-21-19(26)16-6-4-3-5-7-16/h3-7,13-15H,8-12H2,1-2H3,(H,21,26)(H,22,23,25). The Morgan fingerprint density at radius 2 is 1.89 bits per heavy atom. The fourth-order valence-corrected chi connectivity index (χ4v) is 4.32. The van der Waals surface area contributed by atoms with Crippen molar-refractivity contribution in [2.24, 2.45) is 11.8 Å². The van der Waals surface area contributed by atoms with E-state index in [-0.39, 0.29) is 18.4 Å². The molecular formula is C20H26N4O2S. The number of nitrogens with one attached hydrogen (secondary N) is 2. The van der Waals surface area contributed by atoms with Gasteiger partial charge in [0.15, 0.2) is 5.13 Å². The van der Waals surface area contributed by atoms with E-state index in [1.54, 1.807) is 24.3 Å². The first-order chi connectivity index (χ1) is 13.0. The van der Waals surface area contributed by atoms with Crippen molar-refractivity contribution in [3.8, 4) is 0 Å². The van der Waals surface area contributed by atoms with Crippen molar-refractivity contribution in [2.45, 2.75) is 26.8 Å². The first-order valence-electron chi connectivity index (χ1n) is 9.29. The molecule has 1 fully saturated rings. The molecule has 2 unspecified atom stereocenters. The van der Waals surface area contributed by atoms with E-state index in [1.807, 2.05) is 11.4 Å². The SMILES string of the molecule is CC1CC(C)CN(Cc2csc(NC(=O)CNC(=O)c3ccccc3)n2)C1. The fourth-order valence-electron chi connectivity index (χ4n) is 3.60. The molecule has 2 atom stereocenters. The van der Waals surface area contributed by atoms with E-state index in [1.165, 1.54) is 17.8 Å². The average Bonchev–Trinajstić information content (AvgIpc) is 3.06. The molecule has 2 aromatic rings. The highest BCUT2D eigenvalue weighted by molar-refractivity contribution is 7.13. The van der Waals surface area contributed by atoms with Crippen molar-refractivity contribution in [3.05, 3.63) is 47.0 Å². The van der Waals surface area contributed by atoms with Gasteiger partial charge in [-0.25, -0.2) is 4.98 Å². The van der Waals surface area contributed by atoms with E-state index in [0.717, 1.165) is 25.3 Å². The number of likely N-dealkylation sites (tertiary alicyclic amines) is 1. The number of carbonyl (C=O) groups is 2. The maximum absolute atomic E-state index is 12.1. The van der Waals surface area contributed by atoms with Crippen molar-refractivity contribution in [1.29, 1.82) is 0 Å². The number of amides is 2. The average molecular weight is 387 g/mol. The van der Waals surface area contributed by atoms with Crippen molar-refractivity contribution in [1.82, 2.24) is 15.2 Å². The maximum Gasteiger partial charge on any atom is 0.251 e. The molecule has 1 saturated heterocycles. The predicted molar refractivity (Wildman–Crippen MR) is 108 cm³/mol. The van der Waals surface area contributed by atoms with Crippen LogP contribution in [-0.4, -0.2) is 41.3 Å². The van der Waals surface area contributed by atoms with Gasteiger partial charge in [0.25, 0.3) is 5.91 Å². The number of piperidine rings is 1. The summed E-state index contributed by atoms with van der Waals surface area (Å²) in [6, 6.07) is 8.84. The van der Waals surface area contributed by atoms with Crippen LogP contribution in [0.2, 0.25) is 0 Å². The Morgan fingerprint density at radius 3 is 2.59 bits per heavy atom. The van der Waals surface area contributed by atoms with E-state index >= 15 is 0 Å². The van der Waals surface area contributed by atoms with Crippen LogP contribution in [0.15, 0.2) is 35.7 Å². The molecule has 1 aromatic heterocycles. The lowest BCUT2D eigenvalue weighted by molar-refractivity contribution is -0.115. The molecule has 144 valence electrons. The summed E-state index contributed by atoms with van der Waals surface area (Å²) in [6.07, 6.45) is 1.28. The monoisotopic (exact) mass is 386 g/mol. The molecule has 0 radical (unpaired) electrons. The van der Waals surface area contributed by atoms with Gasteiger partial charge in [0.1, 0.15) is 0 Å². The Bertz CT molecular complexity index is 767. The molecule has 0 saturated carbocycles. The van der Waals surface area contributed by atoms with Gasteiger partial charge >= 0.3 is 0 Å². The van der Waals surface area contributed by atoms with Gasteiger partial charge in [-0.2, -0.15) is 0 Å². The third-order valence-corrected chi connectivity index (χ3v) is 5.38. The van der Waals surface area contributed by atoms with Crippen LogP contribution in [0.25, 0.3) is 0 Å². The highest BCUT2D eigenvalue weighted by atomic mass is 32.1. The summed E-state index contributed by atoms with van der Waals surface area (Å²) in [4.78, 5) is 31.0. The molecule has 3 rings (SSSR count). The number of anilines is 1. The molecule has 6 nitrogen and oxygen atoms in total. The van der Waals surface area contributed by atoms with Crippen LogP contribution >= 0.6 is 11.3 Å². The molecule has 0 bridgehead atoms. The lowest BCUT2D eigenvalue weighted by atomic mass is 9.92. The van der Waals surface area contributed by atoms with Crippen molar-refractivity contribution < 1.29 is 9.59 Å². The number of hydrogen-bond donors (Lipinski definition) is 2. The zero-order valence-corrected chi connectivity index (χ0v) is 16.6. The van der Waals surface area contributed by atoms with Gasteiger partial charge in [-0.3, -0.25) is 14.5 Å². The van der Waals surface area contributed by atoms with Gasteiger partial charge in [0.2, 0.25) is 5.91 Å². The topological polar surface area (TPSA) is 74.3 Å². The third kappa shape index (κ3) is 5.87. The molecule has 2 heterocycles. The van der Waals surface area contributed by atoms with E-state index in [2.05, 4.69) is 34.4 Å². The van der Waals surface area contributed by atoms with Crippen LogP contribution in [0.3, 0.4) is 0 Å². The minimum Gasteiger partial charge on any atom is -0.343 e. The van der Waals surface area contributed by atoms with Gasteiger partial charge in [-0.1, -0.05) is 32.0 Å². The third-order valence-electron chi connectivity index (χ3n) is 4.57. The highest BCUT2D eigenvalue weighted by Gasteiger charge is 2.22. The summed E-state index contributed by atoms with van der Waals surface area (Å²) >= 11 is 1.42. The van der Waals surface area contributed by atoms with E-state index in [4.69, 9.17) is 0 Å². The number of hydrogen-bond acceptors (Lipinski definition) is 5. The van der Waals surface area contributed by atoms with Gasteiger partial charge in [-0.05, 0) is 30.4 Å². The smallest absolute Gasteiger partial charge is 0.251 e. The number of aromatic nitrogens is 1. The summed E-state index contributed by atoms with van der Waals surface area (Å²) in [5.74, 6) is 0.874. The number of thiazole rings is 1. The van der Waals surface area contributed by atoms with Crippen LogP contribution < -0.4 is 10.6 Å². The number of carbonyl (C=O) groups excluding carboxylic acids is 2. The van der Waals surface area contributed by atoms with Gasteiger partial charge < -0.3 is 10.6 Å². The highest BCUT2D eigenvalue weighted by Crippen LogP contribution is 2.23. The molecular weight excluding hydrogens is 360 g/mol. The van der Waals surface area contributed by atoms with Crippen molar-refractivity contribution in [2.75, 3.05) is 25.0 Å². The van der Waals surface area contributed by atoms with Crippen LogP contribution in [0.1, 0.15) is 36.3 Å². The maximum atomic E-state index is 12.1. The first-order valence-corrected chi connectivity index (χ1v) is 10.2. The van der Waals surface area contributed by atoms with Crippen molar-refractivity contribution in [3.63, 3.8) is 0 Å². The van der Waals surface area contributed by atoms with Crippen LogP contribution in [0.5, 0.6) is 0 Å². The Balaban J connectivity index is 1.46. The summed E-state index contributed by atoms with van der Waals surface area (Å²) in [6.45, 7) is 7.50. The second kappa shape index (κ2) is 9.10.